The van der Waals surface area contributed by atoms with Gasteiger partial charge < -0.3 is 11.1 Å². The van der Waals surface area contributed by atoms with E-state index in [1.807, 2.05) is 24.3 Å². The van der Waals surface area contributed by atoms with Crippen LogP contribution in [0.3, 0.4) is 0 Å². The molecule has 2 aromatic carbocycles. The maximum absolute atomic E-state index is 12.1. The fraction of sp³-hybridized carbons (Fsp3) is 0.200. The molecular formula is C15H15BrN2O2. The monoisotopic (exact) mass is 334 g/mol. The maximum atomic E-state index is 12.1. The lowest BCUT2D eigenvalue weighted by molar-refractivity contribution is -0.122. The Bertz CT molecular complexity index is 695. The van der Waals surface area contributed by atoms with E-state index in [0.717, 1.165) is 15.2 Å². The molecule has 0 saturated heterocycles. The van der Waals surface area contributed by atoms with Gasteiger partial charge in [-0.15, -0.1) is 0 Å². The summed E-state index contributed by atoms with van der Waals surface area (Å²) in [5.74, 6) is -0.894. The lowest BCUT2D eigenvalue weighted by atomic mass is 10.0. The quantitative estimate of drug-likeness (QED) is 0.905. The number of fused-ring (bicyclic) bond motifs is 1. The molecular weight excluding hydrogens is 320 g/mol. The van der Waals surface area contributed by atoms with Crippen molar-refractivity contribution in [2.45, 2.75) is 19.4 Å². The molecule has 0 radical (unpaired) electrons. The van der Waals surface area contributed by atoms with Gasteiger partial charge in [0.05, 0.1) is 0 Å². The number of rotatable bonds is 3. The molecule has 0 spiro atoms. The summed E-state index contributed by atoms with van der Waals surface area (Å²) in [6, 6.07) is 11.2. The lowest BCUT2D eigenvalue weighted by Crippen LogP contribution is -2.52. The molecule has 2 rings (SSSR count). The van der Waals surface area contributed by atoms with Gasteiger partial charge in [0.25, 0.3) is 5.91 Å². The van der Waals surface area contributed by atoms with Crippen molar-refractivity contribution in [2.24, 2.45) is 5.73 Å². The minimum atomic E-state index is -1.08. The average molecular weight is 335 g/mol. The topological polar surface area (TPSA) is 72.2 Å². The number of halogens is 1. The number of nitrogens with two attached hydrogens (primary N) is 1. The molecule has 0 fully saturated rings. The third kappa shape index (κ3) is 2.99. The second-order valence-electron chi connectivity index (χ2n) is 5.15. The Kier molecular flexibility index (Phi) is 3.81. The van der Waals surface area contributed by atoms with E-state index in [1.54, 1.807) is 26.0 Å². The van der Waals surface area contributed by atoms with Crippen molar-refractivity contribution < 1.29 is 9.59 Å². The molecule has 2 aromatic rings. The number of hydrogen-bond donors (Lipinski definition) is 2. The molecule has 2 amide bonds. The number of benzene rings is 2. The van der Waals surface area contributed by atoms with Gasteiger partial charge in [-0.1, -0.05) is 28.1 Å². The van der Waals surface area contributed by atoms with Crippen LogP contribution in [0.5, 0.6) is 0 Å². The highest BCUT2D eigenvalue weighted by Gasteiger charge is 2.27. The lowest BCUT2D eigenvalue weighted by Gasteiger charge is -2.22. The average Bonchev–Trinajstić information content (AvgIpc) is 2.37. The Morgan fingerprint density at radius 3 is 2.35 bits per heavy atom. The molecule has 0 aromatic heterocycles. The van der Waals surface area contributed by atoms with Gasteiger partial charge in [0.15, 0.2) is 0 Å². The first-order valence-electron chi connectivity index (χ1n) is 6.11. The van der Waals surface area contributed by atoms with Crippen LogP contribution in [0.15, 0.2) is 40.9 Å². The van der Waals surface area contributed by atoms with Crippen molar-refractivity contribution in [3.05, 3.63) is 46.4 Å². The van der Waals surface area contributed by atoms with Gasteiger partial charge in [-0.25, -0.2) is 0 Å². The van der Waals surface area contributed by atoms with E-state index in [9.17, 15) is 9.59 Å². The van der Waals surface area contributed by atoms with Crippen molar-refractivity contribution in [1.82, 2.24) is 5.32 Å². The summed E-state index contributed by atoms with van der Waals surface area (Å²) in [7, 11) is 0. The molecule has 0 saturated carbocycles. The van der Waals surface area contributed by atoms with E-state index in [1.165, 1.54) is 0 Å². The van der Waals surface area contributed by atoms with Gasteiger partial charge >= 0.3 is 0 Å². The largest absolute Gasteiger partial charge is 0.368 e. The second kappa shape index (κ2) is 5.25. The van der Waals surface area contributed by atoms with E-state index >= 15 is 0 Å². The molecule has 0 aliphatic heterocycles. The van der Waals surface area contributed by atoms with Gasteiger partial charge in [0.2, 0.25) is 5.91 Å². The Morgan fingerprint density at radius 1 is 1.10 bits per heavy atom. The fourth-order valence-electron chi connectivity index (χ4n) is 1.78. The summed E-state index contributed by atoms with van der Waals surface area (Å²) in [6.45, 7) is 3.15. The van der Waals surface area contributed by atoms with Crippen LogP contribution in [0.4, 0.5) is 0 Å². The van der Waals surface area contributed by atoms with E-state index in [-0.39, 0.29) is 5.91 Å². The standard InChI is InChI=1S/C15H15BrN2O2/c1-15(2,14(17)20)18-13(19)11-4-3-10-8-12(16)6-5-9(10)7-11/h3-8H,1-2H3,(H2,17,20)(H,18,19). The molecule has 0 unspecified atom stereocenters. The van der Waals surface area contributed by atoms with Gasteiger partial charge in [-0.05, 0) is 48.9 Å². The van der Waals surface area contributed by atoms with Crippen molar-refractivity contribution in [3.63, 3.8) is 0 Å². The normalized spacial score (nSPS) is 11.3. The predicted octanol–water partition coefficient (Wildman–Crippen LogP) is 2.60. The van der Waals surface area contributed by atoms with Gasteiger partial charge in [0.1, 0.15) is 5.54 Å². The van der Waals surface area contributed by atoms with Crippen LogP contribution in [-0.2, 0) is 4.79 Å². The first-order chi connectivity index (χ1) is 9.29. The number of nitrogens with one attached hydrogen (secondary N) is 1. The van der Waals surface area contributed by atoms with Crippen LogP contribution in [0.2, 0.25) is 0 Å². The summed E-state index contributed by atoms with van der Waals surface area (Å²) >= 11 is 3.40. The number of carbonyl (C=O) groups excluding carboxylic acids is 2. The molecule has 3 N–H and O–H groups in total. The molecule has 0 heterocycles. The smallest absolute Gasteiger partial charge is 0.252 e. The molecule has 5 heteroatoms. The van der Waals surface area contributed by atoms with Crippen molar-refractivity contribution in [1.29, 1.82) is 0 Å². The molecule has 4 nitrogen and oxygen atoms in total. The van der Waals surface area contributed by atoms with Crippen LogP contribution < -0.4 is 11.1 Å². The molecule has 0 aliphatic carbocycles. The van der Waals surface area contributed by atoms with Crippen LogP contribution in [0.1, 0.15) is 24.2 Å². The third-order valence-electron chi connectivity index (χ3n) is 3.11. The van der Waals surface area contributed by atoms with Crippen LogP contribution in [-0.4, -0.2) is 17.4 Å². The number of primary amides is 1. The highest BCUT2D eigenvalue weighted by Crippen LogP contribution is 2.21. The summed E-state index contributed by atoms with van der Waals surface area (Å²) in [5.41, 5.74) is 4.66. The summed E-state index contributed by atoms with van der Waals surface area (Å²) in [5, 5.41) is 4.61. The van der Waals surface area contributed by atoms with Crippen LogP contribution >= 0.6 is 15.9 Å². The maximum Gasteiger partial charge on any atom is 0.252 e. The third-order valence-corrected chi connectivity index (χ3v) is 3.60. The first-order valence-corrected chi connectivity index (χ1v) is 6.90. The van der Waals surface area contributed by atoms with E-state index in [4.69, 9.17) is 5.73 Å². The predicted molar refractivity (Wildman–Crippen MR) is 82.4 cm³/mol. The Morgan fingerprint density at radius 2 is 1.70 bits per heavy atom. The summed E-state index contributed by atoms with van der Waals surface area (Å²) in [4.78, 5) is 23.4. The van der Waals surface area contributed by atoms with Crippen molar-refractivity contribution >= 4 is 38.5 Å². The molecule has 0 bridgehead atoms. The molecule has 0 atom stereocenters. The van der Waals surface area contributed by atoms with E-state index in [2.05, 4.69) is 21.2 Å². The van der Waals surface area contributed by atoms with Gasteiger partial charge in [-0.2, -0.15) is 0 Å². The fourth-order valence-corrected chi connectivity index (χ4v) is 2.15. The SMILES string of the molecule is CC(C)(NC(=O)c1ccc2cc(Br)ccc2c1)C(N)=O. The number of carbonyl (C=O) groups is 2. The minimum absolute atomic E-state index is 0.321. The zero-order valence-electron chi connectivity index (χ0n) is 11.2. The van der Waals surface area contributed by atoms with Crippen LogP contribution in [0.25, 0.3) is 10.8 Å². The Hall–Kier alpha value is -1.88. The van der Waals surface area contributed by atoms with Crippen molar-refractivity contribution in [3.8, 4) is 0 Å². The zero-order valence-corrected chi connectivity index (χ0v) is 12.8. The first kappa shape index (κ1) is 14.5. The highest BCUT2D eigenvalue weighted by molar-refractivity contribution is 9.10. The number of hydrogen-bond acceptors (Lipinski definition) is 2. The summed E-state index contributed by atoms with van der Waals surface area (Å²) in [6.07, 6.45) is 0. The minimum Gasteiger partial charge on any atom is -0.368 e. The zero-order chi connectivity index (χ0) is 14.9. The number of amides is 2. The van der Waals surface area contributed by atoms with Gasteiger partial charge in [-0.3, -0.25) is 9.59 Å². The highest BCUT2D eigenvalue weighted by atomic mass is 79.9. The second-order valence-corrected chi connectivity index (χ2v) is 6.07. The summed E-state index contributed by atoms with van der Waals surface area (Å²) < 4.78 is 0.983. The van der Waals surface area contributed by atoms with E-state index < -0.39 is 11.4 Å². The molecule has 104 valence electrons. The Labute approximate surface area is 125 Å². The van der Waals surface area contributed by atoms with Crippen LogP contribution in [0, 0.1) is 0 Å². The van der Waals surface area contributed by atoms with E-state index in [0.29, 0.717) is 5.56 Å². The molecule has 20 heavy (non-hydrogen) atoms. The Balaban J connectivity index is 2.31. The van der Waals surface area contributed by atoms with Gasteiger partial charge in [0, 0.05) is 10.0 Å². The molecule has 0 aliphatic rings. The van der Waals surface area contributed by atoms with Crippen molar-refractivity contribution in [2.75, 3.05) is 0 Å².